The van der Waals surface area contributed by atoms with Crippen molar-refractivity contribution in [1.29, 1.82) is 0 Å². The monoisotopic (exact) mass is 291 g/mol. The molecule has 0 aliphatic rings. The Morgan fingerprint density at radius 1 is 1.60 bits per heavy atom. The largest absolute Gasteiger partial charge is 0.388 e. The molecule has 0 radical (unpaired) electrons. The van der Waals surface area contributed by atoms with Crippen LogP contribution in [0.2, 0.25) is 0 Å². The van der Waals surface area contributed by atoms with Gasteiger partial charge in [0, 0.05) is 22.3 Å². The Morgan fingerprint density at radius 3 is 2.87 bits per heavy atom. The lowest BCUT2D eigenvalue weighted by atomic mass is 10.0. The highest BCUT2D eigenvalue weighted by Gasteiger charge is 2.22. The van der Waals surface area contributed by atoms with Gasteiger partial charge in [-0.15, -0.1) is 11.3 Å². The summed E-state index contributed by atoms with van der Waals surface area (Å²) in [6, 6.07) is 2.02. The number of thiophene rings is 1. The van der Waals surface area contributed by atoms with Crippen LogP contribution in [0.1, 0.15) is 25.1 Å². The van der Waals surface area contributed by atoms with Crippen LogP contribution in [0.3, 0.4) is 0 Å². The van der Waals surface area contributed by atoms with Gasteiger partial charge in [-0.1, -0.05) is 6.92 Å². The highest BCUT2D eigenvalue weighted by Crippen LogP contribution is 2.26. The predicted molar refractivity (Wildman–Crippen MR) is 69.5 cm³/mol. The maximum absolute atomic E-state index is 10.2. The van der Waals surface area contributed by atoms with Gasteiger partial charge in [0.2, 0.25) is 0 Å². The average molecular weight is 292 g/mol. The third kappa shape index (κ3) is 4.64. The molecule has 0 amide bonds. The second-order valence-corrected chi connectivity index (χ2v) is 5.90. The summed E-state index contributed by atoms with van der Waals surface area (Å²) < 4.78 is 1.10. The summed E-state index contributed by atoms with van der Waals surface area (Å²) >= 11 is 5.16. The highest BCUT2D eigenvalue weighted by molar-refractivity contribution is 9.10. The van der Waals surface area contributed by atoms with Crippen LogP contribution in [0, 0.1) is 0 Å². The molecule has 1 rings (SSSR count). The molecule has 4 heteroatoms. The van der Waals surface area contributed by atoms with Crippen LogP contribution < -0.4 is 5.32 Å². The Kier molecular flexibility index (Phi) is 5.26. The summed E-state index contributed by atoms with van der Waals surface area (Å²) in [4.78, 5) is 1.21. The molecule has 0 spiro atoms. The van der Waals surface area contributed by atoms with E-state index >= 15 is 0 Å². The molecule has 0 bridgehead atoms. The summed E-state index contributed by atoms with van der Waals surface area (Å²) in [6.07, 6.45) is 1.79. The zero-order valence-corrected chi connectivity index (χ0v) is 11.6. The van der Waals surface area contributed by atoms with E-state index in [1.165, 1.54) is 4.88 Å². The number of hydrogen-bond acceptors (Lipinski definition) is 3. The summed E-state index contributed by atoms with van der Waals surface area (Å²) in [5, 5.41) is 15.4. The fraction of sp³-hybridized carbons (Fsp3) is 0.636. The van der Waals surface area contributed by atoms with Crippen molar-refractivity contribution in [2.24, 2.45) is 0 Å². The molecule has 0 aromatic carbocycles. The quantitative estimate of drug-likeness (QED) is 0.790. The van der Waals surface area contributed by atoms with E-state index in [0.29, 0.717) is 13.0 Å². The molecule has 0 saturated carbocycles. The van der Waals surface area contributed by atoms with Gasteiger partial charge in [-0.3, -0.25) is 0 Å². The van der Waals surface area contributed by atoms with Gasteiger partial charge in [0.15, 0.2) is 0 Å². The van der Waals surface area contributed by atoms with Crippen LogP contribution in [0.25, 0.3) is 0 Å². The van der Waals surface area contributed by atoms with E-state index in [4.69, 9.17) is 0 Å². The van der Waals surface area contributed by atoms with Crippen molar-refractivity contribution in [2.75, 3.05) is 13.1 Å². The van der Waals surface area contributed by atoms with E-state index in [0.717, 1.165) is 17.4 Å². The van der Waals surface area contributed by atoms with Crippen molar-refractivity contribution in [1.82, 2.24) is 5.32 Å². The molecule has 15 heavy (non-hydrogen) atoms. The van der Waals surface area contributed by atoms with Gasteiger partial charge in [-0.25, -0.2) is 0 Å². The van der Waals surface area contributed by atoms with E-state index in [2.05, 4.69) is 28.2 Å². The molecular formula is C11H18BrNOS. The van der Waals surface area contributed by atoms with Gasteiger partial charge < -0.3 is 10.4 Å². The molecule has 86 valence electrons. The summed E-state index contributed by atoms with van der Waals surface area (Å²) in [6.45, 7) is 5.60. The fourth-order valence-electron chi connectivity index (χ4n) is 1.39. The number of aliphatic hydroxyl groups is 1. The zero-order valence-electron chi connectivity index (χ0n) is 9.22. The maximum atomic E-state index is 10.2. The Labute approximate surface area is 104 Å². The molecule has 1 atom stereocenters. The first-order chi connectivity index (χ1) is 7.05. The smallest absolute Gasteiger partial charge is 0.0791 e. The van der Waals surface area contributed by atoms with Crippen LogP contribution in [0.5, 0.6) is 0 Å². The van der Waals surface area contributed by atoms with Crippen molar-refractivity contribution < 1.29 is 5.11 Å². The van der Waals surface area contributed by atoms with Crippen molar-refractivity contribution in [3.05, 3.63) is 20.8 Å². The summed E-state index contributed by atoms with van der Waals surface area (Å²) in [5.74, 6) is 0. The third-order valence-corrected chi connectivity index (χ3v) is 4.09. The Hall–Kier alpha value is 0.100. The molecule has 0 aliphatic carbocycles. The maximum Gasteiger partial charge on any atom is 0.0791 e. The molecule has 0 aliphatic heterocycles. The first-order valence-electron chi connectivity index (χ1n) is 5.20. The molecule has 2 N–H and O–H groups in total. The van der Waals surface area contributed by atoms with Gasteiger partial charge in [0.05, 0.1) is 5.60 Å². The zero-order chi connectivity index (χ0) is 11.3. The molecule has 1 heterocycles. The predicted octanol–water partition coefficient (Wildman–Crippen LogP) is 2.80. The van der Waals surface area contributed by atoms with Gasteiger partial charge in [-0.05, 0) is 47.3 Å². The van der Waals surface area contributed by atoms with Crippen molar-refractivity contribution in [3.8, 4) is 0 Å². The molecule has 2 nitrogen and oxygen atoms in total. The third-order valence-electron chi connectivity index (χ3n) is 2.17. The minimum Gasteiger partial charge on any atom is -0.388 e. The number of rotatable bonds is 6. The van der Waals surface area contributed by atoms with Gasteiger partial charge in [0.1, 0.15) is 0 Å². The fourth-order valence-corrected chi connectivity index (χ4v) is 3.07. The van der Waals surface area contributed by atoms with E-state index in [1.807, 2.05) is 18.4 Å². The van der Waals surface area contributed by atoms with Crippen molar-refractivity contribution in [3.63, 3.8) is 0 Å². The minimum absolute atomic E-state index is 0.644. The lowest BCUT2D eigenvalue weighted by Crippen LogP contribution is -2.39. The highest BCUT2D eigenvalue weighted by atomic mass is 79.9. The molecular weight excluding hydrogens is 274 g/mol. The number of nitrogens with one attached hydrogen (secondary N) is 1. The second kappa shape index (κ2) is 5.99. The van der Waals surface area contributed by atoms with Gasteiger partial charge in [-0.2, -0.15) is 0 Å². The second-order valence-electron chi connectivity index (χ2n) is 4.04. The standard InChI is InChI=1S/C11H18BrNOS/c1-3-5-13-8-11(2,14)7-10-9(12)4-6-15-10/h4,6,13-14H,3,5,7-8H2,1-2H3. The van der Waals surface area contributed by atoms with Crippen LogP contribution in [0.15, 0.2) is 15.9 Å². The van der Waals surface area contributed by atoms with E-state index < -0.39 is 5.60 Å². The van der Waals surface area contributed by atoms with E-state index in [-0.39, 0.29) is 0 Å². The average Bonchev–Trinajstić information content (AvgIpc) is 2.51. The van der Waals surface area contributed by atoms with Crippen LogP contribution in [0.4, 0.5) is 0 Å². The van der Waals surface area contributed by atoms with Crippen molar-refractivity contribution in [2.45, 2.75) is 32.3 Å². The molecule has 0 fully saturated rings. The van der Waals surface area contributed by atoms with Crippen LogP contribution in [-0.2, 0) is 6.42 Å². The van der Waals surface area contributed by atoms with Crippen molar-refractivity contribution >= 4 is 27.3 Å². The lowest BCUT2D eigenvalue weighted by Gasteiger charge is -2.23. The topological polar surface area (TPSA) is 32.3 Å². The number of hydrogen-bond donors (Lipinski definition) is 2. The molecule has 0 saturated heterocycles. The van der Waals surface area contributed by atoms with E-state index in [1.54, 1.807) is 11.3 Å². The molecule has 1 aromatic heterocycles. The minimum atomic E-state index is -0.664. The molecule has 1 unspecified atom stereocenters. The Bertz CT molecular complexity index is 299. The first kappa shape index (κ1) is 13.2. The first-order valence-corrected chi connectivity index (χ1v) is 6.87. The summed E-state index contributed by atoms with van der Waals surface area (Å²) in [7, 11) is 0. The summed E-state index contributed by atoms with van der Waals surface area (Å²) in [5.41, 5.74) is -0.664. The Balaban J connectivity index is 2.45. The van der Waals surface area contributed by atoms with Crippen LogP contribution >= 0.6 is 27.3 Å². The number of halogens is 1. The SMILES string of the molecule is CCCNCC(C)(O)Cc1sccc1Br. The normalized spacial score (nSPS) is 15.2. The van der Waals surface area contributed by atoms with Crippen LogP contribution in [-0.4, -0.2) is 23.8 Å². The van der Waals surface area contributed by atoms with Gasteiger partial charge in [0.25, 0.3) is 0 Å². The molecule has 1 aromatic rings. The van der Waals surface area contributed by atoms with Gasteiger partial charge >= 0.3 is 0 Å². The Morgan fingerprint density at radius 2 is 2.33 bits per heavy atom. The lowest BCUT2D eigenvalue weighted by molar-refractivity contribution is 0.0610. The van der Waals surface area contributed by atoms with E-state index in [9.17, 15) is 5.11 Å².